The fourth-order valence-corrected chi connectivity index (χ4v) is 4.74. The highest BCUT2D eigenvalue weighted by Gasteiger charge is 2.43. The number of halogens is 3. The first-order valence-corrected chi connectivity index (χ1v) is 10.8. The molecule has 4 nitrogen and oxygen atoms in total. The largest absolute Gasteiger partial charge is 0.322 e. The van der Waals surface area contributed by atoms with E-state index in [2.05, 4.69) is 10.2 Å². The smallest absolute Gasteiger partial charge is 0.273 e. The summed E-state index contributed by atoms with van der Waals surface area (Å²) in [7, 11) is 0. The van der Waals surface area contributed by atoms with E-state index in [1.807, 2.05) is 60.7 Å². The summed E-state index contributed by atoms with van der Waals surface area (Å²) < 4.78 is 0. The van der Waals surface area contributed by atoms with Crippen LogP contribution in [0.1, 0.15) is 33.2 Å². The van der Waals surface area contributed by atoms with Crippen LogP contribution in [0.4, 0.5) is 0 Å². The summed E-state index contributed by atoms with van der Waals surface area (Å²) in [6, 6.07) is 22.2. The lowest BCUT2D eigenvalue weighted by Crippen LogP contribution is -2.29. The number of benzene rings is 3. The van der Waals surface area contributed by atoms with Gasteiger partial charge >= 0.3 is 0 Å². The van der Waals surface area contributed by atoms with E-state index in [4.69, 9.17) is 34.8 Å². The van der Waals surface area contributed by atoms with Crippen molar-refractivity contribution in [2.24, 2.45) is 0 Å². The molecule has 0 radical (unpaired) electrons. The zero-order chi connectivity index (χ0) is 21.5. The van der Waals surface area contributed by atoms with Crippen LogP contribution >= 0.6 is 34.8 Å². The second kappa shape index (κ2) is 8.04. The van der Waals surface area contributed by atoms with Gasteiger partial charge in [0.2, 0.25) is 0 Å². The molecular weight excluding hydrogens is 453 g/mol. The number of aromatic nitrogens is 2. The van der Waals surface area contributed by atoms with E-state index < -0.39 is 6.04 Å². The molecule has 1 unspecified atom stereocenters. The molecule has 5 rings (SSSR count). The Morgan fingerprint density at radius 2 is 1.65 bits per heavy atom. The minimum Gasteiger partial charge on any atom is -0.322 e. The third-order valence-corrected chi connectivity index (χ3v) is 6.40. The van der Waals surface area contributed by atoms with E-state index in [0.717, 1.165) is 27.9 Å². The Morgan fingerprint density at radius 1 is 0.903 bits per heavy atom. The number of hydrogen-bond donors (Lipinski definition) is 1. The Balaban J connectivity index is 1.69. The molecule has 0 bridgehead atoms. The molecular formula is C24H16Cl3N3O. The van der Waals surface area contributed by atoms with E-state index in [1.54, 1.807) is 17.0 Å². The second-order valence-electron chi connectivity index (χ2n) is 7.32. The number of carbonyl (C=O) groups excluding carboxylic acids is 1. The molecule has 1 atom stereocenters. The molecule has 1 N–H and O–H groups in total. The average Bonchev–Trinajstić information content (AvgIpc) is 3.31. The van der Waals surface area contributed by atoms with E-state index in [1.165, 1.54) is 0 Å². The molecule has 1 aromatic heterocycles. The van der Waals surface area contributed by atoms with Gasteiger partial charge in [-0.1, -0.05) is 89.4 Å². The number of carbonyl (C=O) groups is 1. The highest BCUT2D eigenvalue weighted by Crippen LogP contribution is 2.45. The van der Waals surface area contributed by atoms with Gasteiger partial charge < -0.3 is 4.90 Å². The van der Waals surface area contributed by atoms with Gasteiger partial charge in [-0.25, -0.2) is 0 Å². The average molecular weight is 469 g/mol. The molecule has 0 spiro atoms. The first-order valence-electron chi connectivity index (χ1n) is 9.67. The Morgan fingerprint density at radius 3 is 2.39 bits per heavy atom. The van der Waals surface area contributed by atoms with Crippen LogP contribution in [0.25, 0.3) is 11.3 Å². The van der Waals surface area contributed by atoms with Crippen molar-refractivity contribution in [3.63, 3.8) is 0 Å². The predicted octanol–water partition coefficient (Wildman–Crippen LogP) is 6.78. The molecule has 0 fully saturated rings. The highest BCUT2D eigenvalue weighted by atomic mass is 35.5. The van der Waals surface area contributed by atoms with Crippen molar-refractivity contribution >= 4 is 40.7 Å². The molecule has 154 valence electrons. The predicted molar refractivity (Wildman–Crippen MR) is 124 cm³/mol. The van der Waals surface area contributed by atoms with E-state index in [-0.39, 0.29) is 5.91 Å². The van der Waals surface area contributed by atoms with Crippen molar-refractivity contribution in [3.8, 4) is 11.3 Å². The summed E-state index contributed by atoms with van der Waals surface area (Å²) in [5.41, 5.74) is 4.54. The van der Waals surface area contributed by atoms with Crippen LogP contribution in [-0.2, 0) is 6.54 Å². The molecule has 2 heterocycles. The maximum Gasteiger partial charge on any atom is 0.273 e. The lowest BCUT2D eigenvalue weighted by molar-refractivity contribution is 0.0730. The molecule has 0 saturated carbocycles. The quantitative estimate of drug-likeness (QED) is 0.359. The van der Waals surface area contributed by atoms with E-state index in [9.17, 15) is 4.79 Å². The topological polar surface area (TPSA) is 49.0 Å². The van der Waals surface area contributed by atoms with Crippen molar-refractivity contribution in [2.75, 3.05) is 0 Å². The monoisotopic (exact) mass is 467 g/mol. The summed E-state index contributed by atoms with van der Waals surface area (Å²) in [4.78, 5) is 15.2. The second-order valence-corrected chi connectivity index (χ2v) is 8.57. The summed E-state index contributed by atoms with van der Waals surface area (Å²) >= 11 is 19.2. The molecule has 7 heteroatoms. The normalized spacial score (nSPS) is 15.4. The molecule has 4 aromatic rings. The molecule has 31 heavy (non-hydrogen) atoms. The van der Waals surface area contributed by atoms with Gasteiger partial charge in [0.15, 0.2) is 0 Å². The van der Waals surface area contributed by atoms with Crippen LogP contribution in [-0.4, -0.2) is 21.0 Å². The van der Waals surface area contributed by atoms with Gasteiger partial charge in [0.05, 0.1) is 11.7 Å². The Bertz CT molecular complexity index is 1290. The van der Waals surface area contributed by atoms with Crippen molar-refractivity contribution in [2.45, 2.75) is 12.6 Å². The lowest BCUT2D eigenvalue weighted by Gasteiger charge is -2.27. The minimum absolute atomic E-state index is 0.152. The first-order chi connectivity index (χ1) is 15.0. The van der Waals surface area contributed by atoms with Crippen LogP contribution in [0.3, 0.4) is 0 Å². The summed E-state index contributed by atoms with van der Waals surface area (Å²) in [6.45, 7) is 0.332. The third-order valence-electron chi connectivity index (χ3n) is 5.47. The van der Waals surface area contributed by atoms with E-state index >= 15 is 0 Å². The lowest BCUT2D eigenvalue weighted by atomic mass is 9.96. The number of aromatic amines is 1. The standard InChI is InChI=1S/C24H16Cl3N3O/c25-16-10-11-17(19(27)12-16)23-20-21(14-6-2-1-3-7-14)28-29-22(20)24(31)30(23)13-15-8-4-5-9-18(15)26/h1-12,23H,13H2,(H,28,29). The molecule has 1 aliphatic heterocycles. The maximum absolute atomic E-state index is 13.5. The molecule has 0 aliphatic carbocycles. The molecule has 0 saturated heterocycles. The summed E-state index contributed by atoms with van der Waals surface area (Å²) in [5, 5.41) is 9.05. The van der Waals surface area contributed by atoms with Crippen LogP contribution in [0.5, 0.6) is 0 Å². The van der Waals surface area contributed by atoms with Gasteiger partial charge in [0.25, 0.3) is 5.91 Å². The van der Waals surface area contributed by atoms with Gasteiger partial charge in [0.1, 0.15) is 5.69 Å². The van der Waals surface area contributed by atoms with Gasteiger partial charge in [-0.15, -0.1) is 0 Å². The van der Waals surface area contributed by atoms with Crippen LogP contribution < -0.4 is 0 Å². The van der Waals surface area contributed by atoms with Gasteiger partial charge in [-0.3, -0.25) is 9.89 Å². The van der Waals surface area contributed by atoms with Crippen molar-refractivity contribution in [3.05, 3.63) is 110 Å². The number of amides is 1. The zero-order valence-corrected chi connectivity index (χ0v) is 18.4. The molecule has 1 aliphatic rings. The van der Waals surface area contributed by atoms with Crippen molar-refractivity contribution in [1.82, 2.24) is 15.1 Å². The van der Waals surface area contributed by atoms with E-state index in [0.29, 0.717) is 27.3 Å². The highest BCUT2D eigenvalue weighted by molar-refractivity contribution is 6.35. The van der Waals surface area contributed by atoms with Crippen molar-refractivity contribution < 1.29 is 4.79 Å². The van der Waals surface area contributed by atoms with Gasteiger partial charge in [-0.05, 0) is 29.3 Å². The van der Waals surface area contributed by atoms with Crippen molar-refractivity contribution in [1.29, 1.82) is 0 Å². The van der Waals surface area contributed by atoms with Gasteiger partial charge in [-0.2, -0.15) is 5.10 Å². The zero-order valence-electron chi connectivity index (χ0n) is 16.1. The number of rotatable bonds is 4. The SMILES string of the molecule is O=C1c2[nH]nc(-c3ccccc3)c2C(c2ccc(Cl)cc2Cl)N1Cc1ccccc1Cl. The first kappa shape index (κ1) is 20.1. The Labute approximate surface area is 194 Å². The Hall–Kier alpha value is -2.79. The van der Waals surface area contributed by atoms with Crippen LogP contribution in [0.2, 0.25) is 15.1 Å². The fraction of sp³-hybridized carbons (Fsp3) is 0.0833. The minimum atomic E-state index is -0.433. The van der Waals surface area contributed by atoms with Crippen LogP contribution in [0, 0.1) is 0 Å². The Kier molecular flexibility index (Phi) is 5.22. The number of nitrogens with zero attached hydrogens (tertiary/aromatic N) is 2. The number of fused-ring (bicyclic) bond motifs is 1. The summed E-state index contributed by atoms with van der Waals surface area (Å²) in [5.74, 6) is -0.152. The maximum atomic E-state index is 13.5. The fourth-order valence-electron chi connectivity index (χ4n) is 4.03. The summed E-state index contributed by atoms with van der Waals surface area (Å²) in [6.07, 6.45) is 0. The van der Waals surface area contributed by atoms with Crippen LogP contribution in [0.15, 0.2) is 72.8 Å². The third kappa shape index (κ3) is 3.51. The molecule has 1 amide bonds. The number of hydrogen-bond acceptors (Lipinski definition) is 2. The molecule has 3 aromatic carbocycles. The number of H-pyrrole nitrogens is 1. The number of nitrogens with one attached hydrogen (secondary N) is 1. The van der Waals surface area contributed by atoms with Gasteiger partial charge in [0, 0.05) is 32.7 Å².